The van der Waals surface area contributed by atoms with Gasteiger partial charge in [-0.25, -0.2) is 13.6 Å². The molecule has 2 aromatic rings. The Morgan fingerprint density at radius 3 is 2.19 bits per heavy atom. The minimum absolute atomic E-state index is 0.187. The van der Waals surface area contributed by atoms with Gasteiger partial charge in [-0.15, -0.1) is 0 Å². The molecule has 1 atom stereocenters. The standard InChI is InChI=1S/C32H44F2O3/c1-3-5-7-8-9-10-22-36-31-21-18-27(23-30(31)34)26-14-12-24(13-15-26)25-16-19-28(20-17-25)37-32(35)29(33)11-6-4-2/h12-15,18,21,23,25,28-29H,3-11,16-17,19-20,22H2,1-2H3/t25-,28-,29-/m0/s1. The van der Waals surface area contributed by atoms with Crippen LogP contribution in [-0.4, -0.2) is 24.9 Å². The predicted molar refractivity (Wildman–Crippen MR) is 146 cm³/mol. The van der Waals surface area contributed by atoms with E-state index >= 15 is 0 Å². The average molecular weight is 515 g/mol. The van der Waals surface area contributed by atoms with Gasteiger partial charge >= 0.3 is 5.97 Å². The Kier molecular flexibility index (Phi) is 12.4. The molecular weight excluding hydrogens is 470 g/mol. The molecular formula is C32H44F2O3. The number of esters is 1. The smallest absolute Gasteiger partial charge is 0.340 e. The van der Waals surface area contributed by atoms with E-state index in [1.807, 2.05) is 25.1 Å². The first-order chi connectivity index (χ1) is 18.0. The molecule has 2 aromatic carbocycles. The quantitative estimate of drug-likeness (QED) is 0.175. The predicted octanol–water partition coefficient (Wildman–Crippen LogP) is 9.33. The van der Waals surface area contributed by atoms with E-state index in [-0.39, 0.29) is 18.3 Å². The summed E-state index contributed by atoms with van der Waals surface area (Å²) in [5.74, 6) is -0.325. The highest BCUT2D eigenvalue weighted by Crippen LogP contribution is 2.35. The fourth-order valence-corrected chi connectivity index (χ4v) is 5.06. The van der Waals surface area contributed by atoms with Gasteiger partial charge in [0, 0.05) is 0 Å². The summed E-state index contributed by atoms with van der Waals surface area (Å²) in [6.07, 6.45) is 10.5. The highest BCUT2D eigenvalue weighted by atomic mass is 19.1. The molecule has 3 rings (SSSR count). The molecule has 1 aliphatic carbocycles. The molecule has 0 amide bonds. The minimum atomic E-state index is -1.50. The van der Waals surface area contributed by atoms with Crippen LogP contribution >= 0.6 is 0 Å². The fourth-order valence-electron chi connectivity index (χ4n) is 5.06. The molecule has 0 bridgehead atoms. The van der Waals surface area contributed by atoms with Crippen LogP contribution in [0.5, 0.6) is 5.75 Å². The first-order valence-electron chi connectivity index (χ1n) is 14.4. The van der Waals surface area contributed by atoms with Gasteiger partial charge in [0.2, 0.25) is 0 Å². The van der Waals surface area contributed by atoms with Crippen molar-refractivity contribution in [3.8, 4) is 16.9 Å². The Morgan fingerprint density at radius 2 is 1.51 bits per heavy atom. The van der Waals surface area contributed by atoms with Crippen molar-refractivity contribution in [1.29, 1.82) is 0 Å². The van der Waals surface area contributed by atoms with Crippen molar-refractivity contribution >= 4 is 5.97 Å². The lowest BCUT2D eigenvalue weighted by Crippen LogP contribution is -2.28. The molecule has 0 radical (unpaired) electrons. The van der Waals surface area contributed by atoms with Crippen molar-refractivity contribution in [3.63, 3.8) is 0 Å². The van der Waals surface area contributed by atoms with Crippen LogP contribution in [0.15, 0.2) is 42.5 Å². The van der Waals surface area contributed by atoms with Crippen molar-refractivity contribution in [2.24, 2.45) is 0 Å². The molecule has 0 aromatic heterocycles. The van der Waals surface area contributed by atoms with Gasteiger partial charge in [-0.3, -0.25) is 0 Å². The molecule has 0 N–H and O–H groups in total. The number of carbonyl (C=O) groups is 1. The second kappa shape index (κ2) is 15.7. The Labute approximate surface area is 222 Å². The van der Waals surface area contributed by atoms with Crippen molar-refractivity contribution in [2.75, 3.05) is 6.61 Å². The molecule has 1 saturated carbocycles. The van der Waals surface area contributed by atoms with E-state index in [1.54, 1.807) is 12.1 Å². The molecule has 1 fully saturated rings. The van der Waals surface area contributed by atoms with Crippen LogP contribution in [0.25, 0.3) is 11.1 Å². The number of ether oxygens (including phenoxy) is 2. The van der Waals surface area contributed by atoms with E-state index in [1.165, 1.54) is 31.2 Å². The first kappa shape index (κ1) is 29.1. The van der Waals surface area contributed by atoms with E-state index in [2.05, 4.69) is 19.1 Å². The average Bonchev–Trinajstić information content (AvgIpc) is 2.92. The molecule has 3 nitrogen and oxygen atoms in total. The van der Waals surface area contributed by atoms with Gasteiger partial charge < -0.3 is 9.47 Å². The second-order valence-corrected chi connectivity index (χ2v) is 10.4. The van der Waals surface area contributed by atoms with Gasteiger partial charge in [-0.05, 0) is 73.3 Å². The van der Waals surface area contributed by atoms with Gasteiger partial charge in [0.1, 0.15) is 6.10 Å². The molecule has 0 saturated heterocycles. The van der Waals surface area contributed by atoms with Crippen LogP contribution in [0.3, 0.4) is 0 Å². The number of alkyl halides is 1. The molecule has 1 aliphatic rings. The van der Waals surface area contributed by atoms with Crippen LogP contribution in [0.4, 0.5) is 8.78 Å². The lowest BCUT2D eigenvalue weighted by atomic mass is 9.82. The van der Waals surface area contributed by atoms with E-state index < -0.39 is 12.1 Å². The summed E-state index contributed by atoms with van der Waals surface area (Å²) < 4.78 is 39.6. The summed E-state index contributed by atoms with van der Waals surface area (Å²) in [6.45, 7) is 4.73. The topological polar surface area (TPSA) is 35.5 Å². The normalized spacial score (nSPS) is 18.4. The molecule has 0 heterocycles. The van der Waals surface area contributed by atoms with Crippen molar-refractivity contribution < 1.29 is 23.0 Å². The van der Waals surface area contributed by atoms with Crippen molar-refractivity contribution in [1.82, 2.24) is 0 Å². The zero-order valence-corrected chi connectivity index (χ0v) is 22.7. The number of benzene rings is 2. The van der Waals surface area contributed by atoms with E-state index in [0.717, 1.165) is 56.1 Å². The van der Waals surface area contributed by atoms with Gasteiger partial charge in [-0.2, -0.15) is 0 Å². The third-order valence-electron chi connectivity index (χ3n) is 7.43. The zero-order valence-electron chi connectivity index (χ0n) is 22.7. The summed E-state index contributed by atoms with van der Waals surface area (Å²) in [6, 6.07) is 13.5. The Bertz CT molecular complexity index is 936. The van der Waals surface area contributed by atoms with Crippen LogP contribution in [0.2, 0.25) is 0 Å². The van der Waals surface area contributed by atoms with Gasteiger partial charge in [-0.1, -0.05) is 89.1 Å². The summed E-state index contributed by atoms with van der Waals surface area (Å²) in [5, 5.41) is 0. The van der Waals surface area contributed by atoms with E-state index in [4.69, 9.17) is 9.47 Å². The van der Waals surface area contributed by atoms with E-state index in [0.29, 0.717) is 24.7 Å². The number of halogens is 2. The number of carbonyl (C=O) groups excluding carboxylic acids is 1. The highest BCUT2D eigenvalue weighted by molar-refractivity contribution is 5.74. The lowest BCUT2D eigenvalue weighted by molar-refractivity contribution is -0.157. The number of hydrogen-bond donors (Lipinski definition) is 0. The van der Waals surface area contributed by atoms with E-state index in [9.17, 15) is 13.6 Å². The van der Waals surface area contributed by atoms with Crippen LogP contribution in [0.1, 0.15) is 109 Å². The molecule has 0 aliphatic heterocycles. The SMILES string of the molecule is CCCCCCCCOc1ccc(-c2ccc([C@H]3CC[C@H](OC(=O)[C@@H](F)CCCC)CC3)cc2)cc1F. The summed E-state index contributed by atoms with van der Waals surface area (Å²) >= 11 is 0. The molecule has 204 valence electrons. The molecule has 0 unspecified atom stereocenters. The minimum Gasteiger partial charge on any atom is -0.491 e. The molecule has 5 heteroatoms. The third-order valence-corrected chi connectivity index (χ3v) is 7.43. The highest BCUT2D eigenvalue weighted by Gasteiger charge is 2.27. The summed E-state index contributed by atoms with van der Waals surface area (Å²) in [7, 11) is 0. The summed E-state index contributed by atoms with van der Waals surface area (Å²) in [4.78, 5) is 12.0. The number of unbranched alkanes of at least 4 members (excludes halogenated alkanes) is 6. The maximum absolute atomic E-state index is 14.6. The van der Waals surface area contributed by atoms with Crippen LogP contribution in [-0.2, 0) is 9.53 Å². The second-order valence-electron chi connectivity index (χ2n) is 10.4. The number of rotatable bonds is 15. The molecule has 0 spiro atoms. The Morgan fingerprint density at radius 1 is 0.865 bits per heavy atom. The van der Waals surface area contributed by atoms with Crippen molar-refractivity contribution in [2.45, 2.75) is 116 Å². The van der Waals surface area contributed by atoms with Crippen molar-refractivity contribution in [3.05, 3.63) is 53.8 Å². The monoisotopic (exact) mass is 514 g/mol. The fraction of sp³-hybridized carbons (Fsp3) is 0.594. The first-order valence-corrected chi connectivity index (χ1v) is 14.4. The van der Waals surface area contributed by atoms with Crippen LogP contribution < -0.4 is 4.74 Å². The maximum atomic E-state index is 14.6. The Balaban J connectivity index is 1.45. The zero-order chi connectivity index (χ0) is 26.5. The number of hydrogen-bond acceptors (Lipinski definition) is 3. The largest absolute Gasteiger partial charge is 0.491 e. The van der Waals surface area contributed by atoms with Gasteiger partial charge in [0.15, 0.2) is 17.7 Å². The molecule has 37 heavy (non-hydrogen) atoms. The summed E-state index contributed by atoms with van der Waals surface area (Å²) in [5.41, 5.74) is 3.03. The lowest BCUT2D eigenvalue weighted by Gasteiger charge is -2.29. The van der Waals surface area contributed by atoms with Crippen LogP contribution in [0, 0.1) is 5.82 Å². The Hall–Kier alpha value is -2.43. The third kappa shape index (κ3) is 9.43. The van der Waals surface area contributed by atoms with Gasteiger partial charge in [0.05, 0.1) is 6.61 Å². The van der Waals surface area contributed by atoms with Gasteiger partial charge in [0.25, 0.3) is 0 Å². The maximum Gasteiger partial charge on any atom is 0.340 e.